The molecule has 0 radical (unpaired) electrons. The molecule has 0 aliphatic carbocycles. The van der Waals surface area contributed by atoms with E-state index in [9.17, 15) is 9.59 Å². The van der Waals surface area contributed by atoms with E-state index in [4.69, 9.17) is 17.2 Å². The van der Waals surface area contributed by atoms with Crippen LogP contribution in [-0.2, 0) is 9.59 Å². The van der Waals surface area contributed by atoms with Crippen LogP contribution in [0.15, 0.2) is 24.6 Å². The molecular weight excluding hydrogens is 751 g/mol. The summed E-state index contributed by atoms with van der Waals surface area (Å²) in [7, 11) is 0. The van der Waals surface area contributed by atoms with Gasteiger partial charge in [0.05, 0.1) is 11.9 Å². The fourth-order valence-corrected chi connectivity index (χ4v) is 6.75. The summed E-state index contributed by atoms with van der Waals surface area (Å²) >= 11 is 0. The minimum absolute atomic E-state index is 0. The quantitative estimate of drug-likeness (QED) is 0.0460. The Bertz CT molecular complexity index is 867. The van der Waals surface area contributed by atoms with Gasteiger partial charge < -0.3 is 70.0 Å². The molecule has 0 rings (SSSR count). The molecule has 0 aromatic rings. The molecule has 8 nitrogen and oxygen atoms in total. The van der Waals surface area contributed by atoms with E-state index >= 15 is 0 Å². The minimum Gasteiger partial charge on any atom is -1.00 e. The van der Waals surface area contributed by atoms with Crippen molar-refractivity contribution in [3.63, 3.8) is 0 Å². The molecule has 0 heterocycles. The van der Waals surface area contributed by atoms with Crippen LogP contribution in [0.2, 0.25) is 0 Å². The van der Waals surface area contributed by atoms with Crippen LogP contribution in [0.3, 0.4) is 0 Å². The normalized spacial score (nSPS) is 11.9. The highest BCUT2D eigenvalue weighted by Crippen LogP contribution is 2.14. The maximum atomic E-state index is 13.4. The average molecular weight is 840 g/mol. The van der Waals surface area contributed by atoms with Gasteiger partial charge in [0.2, 0.25) is 11.8 Å². The number of unbranched alkanes of at least 4 members (excludes halogenated alkanes) is 25. The van der Waals surface area contributed by atoms with Crippen LogP contribution >= 0.6 is 0 Å². The van der Waals surface area contributed by atoms with E-state index in [1.807, 2.05) is 4.90 Å². The molecule has 0 spiro atoms. The topological polar surface area (TPSA) is 140 Å². The number of halogens is 3. The highest BCUT2D eigenvalue weighted by Gasteiger charge is 2.22. The number of rotatable bonds is 40. The molecule has 8 N–H and O–H groups in total. The van der Waals surface area contributed by atoms with Crippen LogP contribution in [0.4, 0.5) is 0 Å². The Morgan fingerprint density at radius 2 is 0.909 bits per heavy atom. The summed E-state index contributed by atoms with van der Waals surface area (Å²) in [5.41, 5.74) is 17.9. The van der Waals surface area contributed by atoms with Crippen molar-refractivity contribution in [3.8, 4) is 0 Å². The number of nitrogens with zero attached hydrogens (tertiary/aromatic N) is 1. The maximum absolute atomic E-state index is 13.4. The van der Waals surface area contributed by atoms with Gasteiger partial charge >= 0.3 is 0 Å². The van der Waals surface area contributed by atoms with E-state index in [1.54, 1.807) is 0 Å². The van der Waals surface area contributed by atoms with Crippen molar-refractivity contribution in [1.82, 2.24) is 15.5 Å². The molecule has 0 saturated heterocycles. The Hall–Kier alpha value is -1.19. The predicted octanol–water partition coefficient (Wildman–Crippen LogP) is 0.916. The summed E-state index contributed by atoms with van der Waals surface area (Å²) in [4.78, 5) is 27.9. The Balaban J connectivity index is -0.00000433. The van der Waals surface area contributed by atoms with Crippen molar-refractivity contribution in [3.05, 3.63) is 24.6 Å². The molecule has 330 valence electrons. The van der Waals surface area contributed by atoms with Gasteiger partial charge in [-0.15, -0.1) is 0 Å². The second-order valence-corrected chi connectivity index (χ2v) is 15.4. The Labute approximate surface area is 359 Å². The van der Waals surface area contributed by atoms with Crippen molar-refractivity contribution in [2.45, 2.75) is 219 Å². The second kappa shape index (κ2) is 47.2. The minimum atomic E-state index is -0.765. The molecule has 0 fully saturated rings. The fourth-order valence-electron chi connectivity index (χ4n) is 6.75. The lowest BCUT2D eigenvalue weighted by molar-refractivity contribution is -0.133. The highest BCUT2D eigenvalue weighted by molar-refractivity contribution is 5.84. The van der Waals surface area contributed by atoms with Gasteiger partial charge in [0.25, 0.3) is 0 Å². The van der Waals surface area contributed by atoms with Crippen molar-refractivity contribution < 1.29 is 46.8 Å². The van der Waals surface area contributed by atoms with Gasteiger partial charge in [-0.2, -0.15) is 0 Å². The van der Waals surface area contributed by atoms with Gasteiger partial charge in [-0.25, -0.2) is 0 Å². The number of hydrogen-bond donors (Lipinski definition) is 5. The zero-order valence-electron chi connectivity index (χ0n) is 35.7. The monoisotopic (exact) mass is 838 g/mol. The van der Waals surface area contributed by atoms with E-state index in [0.717, 1.165) is 38.8 Å². The smallest absolute Gasteiger partial charge is 0.241 e. The maximum Gasteiger partial charge on any atom is 0.241 e. The first-order valence-corrected chi connectivity index (χ1v) is 22.2. The number of nitrogens with one attached hydrogen (secondary N) is 2. The fraction of sp³-hybridized carbons (Fsp3) is 0.864. The molecule has 0 saturated carbocycles. The summed E-state index contributed by atoms with van der Waals surface area (Å²) in [6.07, 6.45) is 42.1. The van der Waals surface area contributed by atoms with Crippen molar-refractivity contribution in [1.29, 1.82) is 0 Å². The van der Waals surface area contributed by atoms with Crippen LogP contribution < -0.4 is 65.1 Å². The van der Waals surface area contributed by atoms with Gasteiger partial charge in [-0.1, -0.05) is 174 Å². The lowest BCUT2D eigenvalue weighted by Gasteiger charge is -2.26. The molecule has 0 bridgehead atoms. The molecule has 2 unspecified atom stereocenters. The van der Waals surface area contributed by atoms with E-state index in [1.165, 1.54) is 154 Å². The molecule has 11 heteroatoms. The van der Waals surface area contributed by atoms with Gasteiger partial charge in [-0.3, -0.25) is 9.59 Å². The van der Waals surface area contributed by atoms with Gasteiger partial charge in [0.15, 0.2) is 0 Å². The molecule has 2 atom stereocenters. The Morgan fingerprint density at radius 1 is 0.545 bits per heavy atom. The van der Waals surface area contributed by atoms with Gasteiger partial charge in [0, 0.05) is 26.2 Å². The standard InChI is InChI=1S/C44H88N6O2.3ClH/c1-4-6-8-10-12-14-16-18-20-21-23-25-27-29-31-33-38-50(37-32-30-28-26-24-22-19-17-15-13-11-9-7-5-2)44(52)42(47)39-49-43(51)41(46)35-34-36-48-40(3)45;;;/h18,20,41-42,48H,3-17,19,21-39,45-47H2,1-2H3,(H,49,51);3*1H/p-3/b20-18-;;;. The second-order valence-electron chi connectivity index (χ2n) is 15.4. The van der Waals surface area contributed by atoms with Crippen molar-refractivity contribution >= 4 is 11.8 Å². The van der Waals surface area contributed by atoms with Crippen LogP contribution in [0.1, 0.15) is 206 Å². The van der Waals surface area contributed by atoms with Crippen LogP contribution in [-0.4, -0.2) is 55.0 Å². The zero-order valence-corrected chi connectivity index (χ0v) is 38.0. The average Bonchev–Trinajstić information content (AvgIpc) is 3.13. The largest absolute Gasteiger partial charge is 1.00 e. The summed E-state index contributed by atoms with van der Waals surface area (Å²) in [6, 6.07) is -1.41. The van der Waals surface area contributed by atoms with Gasteiger partial charge in [0.1, 0.15) is 6.04 Å². The number of amides is 2. The third-order valence-electron chi connectivity index (χ3n) is 10.2. The SMILES string of the molecule is C=C(N)NCCCC(N)C(=O)NCC(N)C(=O)N(CCCCCCCC/C=C\CCCCCCCC)CCCCCCCCCCCCCCCC.[Cl-].[Cl-].[Cl-]. The molecule has 0 aromatic heterocycles. The number of carbonyl (C=O) groups is 2. The van der Waals surface area contributed by atoms with Crippen LogP contribution in [0.5, 0.6) is 0 Å². The molecule has 0 aromatic carbocycles. The summed E-state index contributed by atoms with van der Waals surface area (Å²) in [6.45, 7) is 10.3. The van der Waals surface area contributed by atoms with Crippen molar-refractivity contribution in [2.24, 2.45) is 17.2 Å². The summed E-state index contributed by atoms with van der Waals surface area (Å²) in [5.74, 6) is 0.0574. The Kier molecular flexibility index (Phi) is 51.9. The first-order valence-electron chi connectivity index (χ1n) is 22.2. The number of carbonyl (C=O) groups excluding carboxylic acids is 2. The summed E-state index contributed by atoms with van der Waals surface area (Å²) in [5, 5.41) is 5.74. The number of allylic oxidation sites excluding steroid dienone is 2. The van der Waals surface area contributed by atoms with E-state index in [2.05, 4.69) is 43.2 Å². The molecule has 0 aliphatic heterocycles. The number of nitrogens with two attached hydrogens (primary N) is 3. The zero-order chi connectivity index (χ0) is 38.3. The van der Waals surface area contributed by atoms with E-state index in [0.29, 0.717) is 25.2 Å². The highest BCUT2D eigenvalue weighted by atomic mass is 35.5. The number of hydrogen-bond acceptors (Lipinski definition) is 6. The first kappa shape index (κ1) is 60.5. The van der Waals surface area contributed by atoms with Crippen LogP contribution in [0.25, 0.3) is 0 Å². The third-order valence-corrected chi connectivity index (χ3v) is 10.2. The van der Waals surface area contributed by atoms with Crippen LogP contribution in [0, 0.1) is 0 Å². The van der Waals surface area contributed by atoms with E-state index < -0.39 is 12.1 Å². The predicted molar refractivity (Wildman–Crippen MR) is 226 cm³/mol. The lowest BCUT2D eigenvalue weighted by atomic mass is 10.0. The summed E-state index contributed by atoms with van der Waals surface area (Å²) < 4.78 is 0. The Morgan fingerprint density at radius 3 is 1.29 bits per heavy atom. The third kappa shape index (κ3) is 42.2. The lowest BCUT2D eigenvalue weighted by Crippen LogP contribution is -3.00. The molecule has 0 aliphatic rings. The molecule has 2 amide bonds. The first-order chi connectivity index (χ1) is 25.3. The van der Waals surface area contributed by atoms with Crippen molar-refractivity contribution in [2.75, 3.05) is 26.2 Å². The molecular formula is C44H88Cl3N6O2-3. The molecule has 55 heavy (non-hydrogen) atoms. The van der Waals surface area contributed by atoms with E-state index in [-0.39, 0.29) is 55.6 Å². The van der Waals surface area contributed by atoms with Gasteiger partial charge in [-0.05, 0) is 51.4 Å².